The quantitative estimate of drug-likeness (QED) is 0.625. The summed E-state index contributed by atoms with van der Waals surface area (Å²) in [6.45, 7) is 6.30. The average molecular weight is 483 g/mol. The Morgan fingerprint density at radius 1 is 1.19 bits per heavy atom. The number of nitrogens with zero attached hydrogens (tertiary/aromatic N) is 4. The van der Waals surface area contributed by atoms with Gasteiger partial charge in [0.25, 0.3) is 5.91 Å². The molecule has 0 spiro atoms. The van der Waals surface area contributed by atoms with Crippen molar-refractivity contribution in [2.75, 3.05) is 30.8 Å². The van der Waals surface area contributed by atoms with Crippen LogP contribution >= 0.6 is 11.5 Å². The minimum atomic E-state index is -3.51. The summed E-state index contributed by atoms with van der Waals surface area (Å²) < 4.78 is 47.5. The molecule has 1 aromatic heterocycles. The molecule has 32 heavy (non-hydrogen) atoms. The van der Waals surface area contributed by atoms with Gasteiger partial charge in [-0.3, -0.25) is 4.79 Å². The fraction of sp³-hybridized carbons (Fsp3) is 0.571. The van der Waals surface area contributed by atoms with Crippen molar-refractivity contribution in [3.63, 3.8) is 0 Å². The van der Waals surface area contributed by atoms with Gasteiger partial charge in [0.1, 0.15) is 5.82 Å². The summed E-state index contributed by atoms with van der Waals surface area (Å²) in [6.07, 6.45) is 2.38. The summed E-state index contributed by atoms with van der Waals surface area (Å²) in [4.78, 5) is 21.5. The summed E-state index contributed by atoms with van der Waals surface area (Å²) >= 11 is 1.41. The Morgan fingerprint density at radius 2 is 1.91 bits per heavy atom. The third kappa shape index (κ3) is 4.73. The van der Waals surface area contributed by atoms with Crippen LogP contribution in [-0.4, -0.2) is 66.6 Å². The fourth-order valence-corrected chi connectivity index (χ4v) is 5.56. The summed E-state index contributed by atoms with van der Waals surface area (Å²) in [5, 5.41) is 0.925. The van der Waals surface area contributed by atoms with Gasteiger partial charge in [0, 0.05) is 55.8 Å². The maximum absolute atomic E-state index is 14.3. The average Bonchev–Trinajstić information content (AvgIpc) is 3.37. The first-order valence-corrected chi connectivity index (χ1v) is 13.3. The molecule has 4 rings (SSSR count). The number of ether oxygens (including phenoxy) is 1. The number of benzene rings is 1. The van der Waals surface area contributed by atoms with Gasteiger partial charge in [0.2, 0.25) is 5.13 Å². The van der Waals surface area contributed by atoms with Crippen molar-refractivity contribution in [2.45, 2.75) is 56.1 Å². The minimum absolute atomic E-state index is 0.107. The molecule has 3 heterocycles. The van der Waals surface area contributed by atoms with E-state index in [2.05, 4.69) is 28.1 Å². The molecule has 0 radical (unpaired) electrons. The lowest BCUT2D eigenvalue weighted by molar-refractivity contribution is -0.135. The van der Waals surface area contributed by atoms with E-state index in [1.165, 1.54) is 23.7 Å². The molecule has 2 saturated heterocycles. The molecule has 1 aromatic carbocycles. The van der Waals surface area contributed by atoms with Crippen LogP contribution in [-0.2, 0) is 14.6 Å². The first-order valence-electron chi connectivity index (χ1n) is 10.7. The zero-order chi connectivity index (χ0) is 23.0. The van der Waals surface area contributed by atoms with E-state index in [1.54, 1.807) is 0 Å². The standard InChI is InChI=1S/C21H27FN4O4S2/c1-13(2)19-23-21(31-24-19)25-9-6-14(7-10-25)26-11-8-18(20(26)27)30-17-5-4-15(12-16(17)22)32(3,28)29/h4-5,12-14,18H,6-11H2,1-3H3/t18-/m1/s1. The molecule has 11 heteroatoms. The van der Waals surface area contributed by atoms with E-state index in [4.69, 9.17) is 4.74 Å². The number of hydrogen-bond donors (Lipinski definition) is 0. The Balaban J connectivity index is 1.35. The number of aromatic nitrogens is 2. The first-order chi connectivity index (χ1) is 15.1. The Hall–Kier alpha value is -2.27. The molecule has 2 fully saturated rings. The maximum Gasteiger partial charge on any atom is 0.263 e. The second-order valence-electron chi connectivity index (χ2n) is 8.60. The number of amides is 1. The Morgan fingerprint density at radius 3 is 2.50 bits per heavy atom. The van der Waals surface area contributed by atoms with Crippen molar-refractivity contribution >= 4 is 32.4 Å². The summed E-state index contributed by atoms with van der Waals surface area (Å²) in [5.74, 6) is 0.116. The molecule has 1 amide bonds. The topological polar surface area (TPSA) is 92.7 Å². The Kier molecular flexibility index (Phi) is 6.39. The van der Waals surface area contributed by atoms with E-state index in [-0.39, 0.29) is 22.6 Å². The molecule has 0 unspecified atom stereocenters. The number of carbonyl (C=O) groups excluding carboxylic acids is 1. The van der Waals surface area contributed by atoms with Gasteiger partial charge < -0.3 is 14.5 Å². The lowest BCUT2D eigenvalue weighted by Crippen LogP contribution is -2.47. The number of halogens is 1. The monoisotopic (exact) mass is 482 g/mol. The summed E-state index contributed by atoms with van der Waals surface area (Å²) in [7, 11) is -3.51. The number of rotatable bonds is 6. The number of anilines is 1. The molecule has 2 aliphatic heterocycles. The second kappa shape index (κ2) is 8.93. The summed E-state index contributed by atoms with van der Waals surface area (Å²) in [6, 6.07) is 3.60. The molecule has 1 atom stereocenters. The van der Waals surface area contributed by atoms with Crippen molar-refractivity contribution in [1.82, 2.24) is 14.3 Å². The van der Waals surface area contributed by atoms with Crippen LogP contribution in [0.1, 0.15) is 44.9 Å². The number of likely N-dealkylation sites (tertiary alicyclic amines) is 1. The highest BCUT2D eigenvalue weighted by molar-refractivity contribution is 7.90. The first kappa shape index (κ1) is 22.9. The second-order valence-corrected chi connectivity index (χ2v) is 11.3. The van der Waals surface area contributed by atoms with E-state index in [0.717, 1.165) is 49.2 Å². The zero-order valence-electron chi connectivity index (χ0n) is 18.3. The fourth-order valence-electron chi connectivity index (χ4n) is 4.07. The van der Waals surface area contributed by atoms with Crippen molar-refractivity contribution in [3.05, 3.63) is 29.8 Å². The lowest BCUT2D eigenvalue weighted by atomic mass is 10.0. The van der Waals surface area contributed by atoms with Gasteiger partial charge >= 0.3 is 0 Å². The third-order valence-electron chi connectivity index (χ3n) is 5.91. The highest BCUT2D eigenvalue weighted by Gasteiger charge is 2.39. The summed E-state index contributed by atoms with van der Waals surface area (Å²) in [5.41, 5.74) is 0. The van der Waals surface area contributed by atoms with Crippen molar-refractivity contribution in [3.8, 4) is 5.75 Å². The van der Waals surface area contributed by atoms with Gasteiger partial charge in [0.15, 0.2) is 27.5 Å². The van der Waals surface area contributed by atoms with Crippen LogP contribution in [0.4, 0.5) is 9.52 Å². The smallest absolute Gasteiger partial charge is 0.263 e. The van der Waals surface area contributed by atoms with Crippen molar-refractivity contribution in [2.24, 2.45) is 0 Å². The SMILES string of the molecule is CC(C)c1nsc(N2CCC(N3CC[C@@H](Oc4ccc(S(C)(=O)=O)cc4F)C3=O)CC2)n1. The normalized spacial score (nSPS) is 20.4. The van der Waals surface area contributed by atoms with Gasteiger partial charge in [-0.2, -0.15) is 4.37 Å². The lowest BCUT2D eigenvalue weighted by Gasteiger charge is -2.36. The van der Waals surface area contributed by atoms with E-state index in [1.807, 2.05) is 4.90 Å². The molecule has 0 aliphatic carbocycles. The van der Waals surface area contributed by atoms with Gasteiger partial charge in [-0.15, -0.1) is 0 Å². The maximum atomic E-state index is 14.3. The van der Waals surface area contributed by atoms with Crippen LogP contribution in [0.3, 0.4) is 0 Å². The predicted octanol–water partition coefficient (Wildman–Crippen LogP) is 2.85. The van der Waals surface area contributed by atoms with Crippen LogP contribution < -0.4 is 9.64 Å². The van der Waals surface area contributed by atoms with Crippen LogP contribution in [0.2, 0.25) is 0 Å². The predicted molar refractivity (Wildman–Crippen MR) is 119 cm³/mol. The third-order valence-corrected chi connectivity index (χ3v) is 7.82. The highest BCUT2D eigenvalue weighted by Crippen LogP contribution is 2.30. The number of piperidine rings is 1. The molecule has 0 saturated carbocycles. The van der Waals surface area contributed by atoms with Crippen molar-refractivity contribution < 1.29 is 22.3 Å². The molecule has 2 aromatic rings. The van der Waals surface area contributed by atoms with Crippen LogP contribution in [0.25, 0.3) is 0 Å². The van der Waals surface area contributed by atoms with E-state index < -0.39 is 21.8 Å². The molecular formula is C21H27FN4O4S2. The molecule has 2 aliphatic rings. The molecular weight excluding hydrogens is 455 g/mol. The largest absolute Gasteiger partial charge is 0.477 e. The molecule has 0 N–H and O–H groups in total. The Bertz CT molecular complexity index is 1100. The number of hydrogen-bond acceptors (Lipinski definition) is 8. The van der Waals surface area contributed by atoms with Gasteiger partial charge in [-0.05, 0) is 31.0 Å². The molecule has 0 bridgehead atoms. The molecule has 174 valence electrons. The van der Waals surface area contributed by atoms with E-state index in [9.17, 15) is 17.6 Å². The Labute approximate surface area is 191 Å². The van der Waals surface area contributed by atoms with Crippen LogP contribution in [0, 0.1) is 5.82 Å². The van der Waals surface area contributed by atoms with Crippen molar-refractivity contribution in [1.29, 1.82) is 0 Å². The van der Waals surface area contributed by atoms with Crippen LogP contribution in [0.15, 0.2) is 23.1 Å². The van der Waals surface area contributed by atoms with Gasteiger partial charge in [-0.1, -0.05) is 13.8 Å². The molecule has 8 nitrogen and oxygen atoms in total. The van der Waals surface area contributed by atoms with Gasteiger partial charge in [0.05, 0.1) is 4.90 Å². The van der Waals surface area contributed by atoms with E-state index >= 15 is 0 Å². The number of carbonyl (C=O) groups is 1. The highest BCUT2D eigenvalue weighted by atomic mass is 32.2. The van der Waals surface area contributed by atoms with E-state index in [0.29, 0.717) is 18.9 Å². The minimum Gasteiger partial charge on any atom is -0.477 e. The van der Waals surface area contributed by atoms with Crippen LogP contribution in [0.5, 0.6) is 5.75 Å². The number of sulfone groups is 1. The van der Waals surface area contributed by atoms with Gasteiger partial charge in [-0.25, -0.2) is 17.8 Å². The zero-order valence-corrected chi connectivity index (χ0v) is 20.0.